The lowest BCUT2D eigenvalue weighted by atomic mass is 10.2. The highest BCUT2D eigenvalue weighted by Gasteiger charge is 2.01. The molecule has 0 aliphatic heterocycles. The quantitative estimate of drug-likeness (QED) is 0.614. The van der Waals surface area contributed by atoms with Crippen LogP contribution in [0, 0.1) is 18.8 Å². The highest BCUT2D eigenvalue weighted by Crippen LogP contribution is 2.16. The van der Waals surface area contributed by atoms with E-state index in [1.807, 2.05) is 32.2 Å². The van der Waals surface area contributed by atoms with Crippen molar-refractivity contribution in [3.05, 3.63) is 29.7 Å². The zero-order valence-electron chi connectivity index (χ0n) is 9.50. The third-order valence-electron chi connectivity index (χ3n) is 2.23. The van der Waals surface area contributed by atoms with Gasteiger partial charge in [-0.1, -0.05) is 11.8 Å². The molecule has 0 unspecified atom stereocenters. The fourth-order valence-corrected chi connectivity index (χ4v) is 1.47. The van der Waals surface area contributed by atoms with Gasteiger partial charge in [-0.15, -0.1) is 0 Å². The molecular formula is C13H14N2O. The topological polar surface area (TPSA) is 38.1 Å². The van der Waals surface area contributed by atoms with E-state index >= 15 is 0 Å². The van der Waals surface area contributed by atoms with E-state index in [-0.39, 0.29) is 0 Å². The summed E-state index contributed by atoms with van der Waals surface area (Å²) < 4.78 is 5.44. The van der Waals surface area contributed by atoms with Crippen LogP contribution in [-0.2, 0) is 0 Å². The minimum atomic E-state index is 0.690. The summed E-state index contributed by atoms with van der Waals surface area (Å²) in [6, 6.07) is 5.84. The van der Waals surface area contributed by atoms with Gasteiger partial charge in [0, 0.05) is 25.5 Å². The van der Waals surface area contributed by atoms with Gasteiger partial charge in [0.1, 0.15) is 5.52 Å². The number of aryl methyl sites for hydroxylation is 1. The molecule has 0 amide bonds. The van der Waals surface area contributed by atoms with Gasteiger partial charge >= 0.3 is 0 Å². The Labute approximate surface area is 94.9 Å². The second-order valence-corrected chi connectivity index (χ2v) is 3.57. The van der Waals surface area contributed by atoms with E-state index in [4.69, 9.17) is 4.42 Å². The van der Waals surface area contributed by atoms with Crippen LogP contribution in [0.1, 0.15) is 17.9 Å². The molecule has 3 nitrogen and oxygen atoms in total. The summed E-state index contributed by atoms with van der Waals surface area (Å²) in [5, 5.41) is 3.06. The molecule has 0 saturated carbocycles. The Morgan fingerprint density at radius 3 is 3.12 bits per heavy atom. The van der Waals surface area contributed by atoms with Crippen LogP contribution in [0.5, 0.6) is 0 Å². The van der Waals surface area contributed by atoms with E-state index < -0.39 is 0 Å². The Morgan fingerprint density at radius 1 is 1.44 bits per heavy atom. The number of aromatic nitrogens is 1. The van der Waals surface area contributed by atoms with Crippen LogP contribution in [0.3, 0.4) is 0 Å². The molecule has 0 radical (unpaired) electrons. The van der Waals surface area contributed by atoms with Crippen molar-refractivity contribution >= 4 is 11.1 Å². The molecule has 2 aromatic rings. The van der Waals surface area contributed by atoms with Crippen molar-refractivity contribution in [2.75, 3.05) is 13.6 Å². The average Bonchev–Trinajstić information content (AvgIpc) is 2.64. The minimum Gasteiger partial charge on any atom is -0.441 e. The van der Waals surface area contributed by atoms with Crippen molar-refractivity contribution in [3.63, 3.8) is 0 Å². The van der Waals surface area contributed by atoms with E-state index in [1.54, 1.807) is 0 Å². The molecule has 1 heterocycles. The van der Waals surface area contributed by atoms with Crippen LogP contribution >= 0.6 is 0 Å². The zero-order valence-corrected chi connectivity index (χ0v) is 9.50. The Balaban J connectivity index is 2.21. The molecule has 1 N–H and O–H groups in total. The Kier molecular flexibility index (Phi) is 3.23. The van der Waals surface area contributed by atoms with Gasteiger partial charge < -0.3 is 9.73 Å². The average molecular weight is 214 g/mol. The predicted octanol–water partition coefficient (Wildman–Crippen LogP) is 2.10. The van der Waals surface area contributed by atoms with Gasteiger partial charge in [-0.3, -0.25) is 0 Å². The molecular weight excluding hydrogens is 200 g/mol. The maximum absolute atomic E-state index is 5.44. The summed E-state index contributed by atoms with van der Waals surface area (Å²) in [5.74, 6) is 6.89. The second-order valence-electron chi connectivity index (χ2n) is 3.57. The SMILES string of the molecule is CNCCC#Cc1ccc2nc(C)oc2c1. The fraction of sp³-hybridized carbons (Fsp3) is 0.308. The molecule has 0 bridgehead atoms. The van der Waals surface area contributed by atoms with Crippen LogP contribution in [-0.4, -0.2) is 18.6 Å². The molecule has 82 valence electrons. The molecule has 0 atom stereocenters. The van der Waals surface area contributed by atoms with Crippen LogP contribution in [0.2, 0.25) is 0 Å². The molecule has 0 aliphatic rings. The monoisotopic (exact) mass is 214 g/mol. The molecule has 1 aromatic heterocycles. The van der Waals surface area contributed by atoms with Crippen LogP contribution in [0.4, 0.5) is 0 Å². The molecule has 1 aromatic carbocycles. The lowest BCUT2D eigenvalue weighted by molar-refractivity contribution is 0.561. The number of oxazole rings is 1. The summed E-state index contributed by atoms with van der Waals surface area (Å²) in [4.78, 5) is 4.24. The molecule has 0 spiro atoms. The maximum Gasteiger partial charge on any atom is 0.192 e. The molecule has 0 saturated heterocycles. The van der Waals surface area contributed by atoms with E-state index in [0.29, 0.717) is 5.89 Å². The van der Waals surface area contributed by atoms with Crippen LogP contribution < -0.4 is 5.32 Å². The summed E-state index contributed by atoms with van der Waals surface area (Å²) >= 11 is 0. The summed E-state index contributed by atoms with van der Waals surface area (Å²) in [6.45, 7) is 2.76. The van der Waals surface area contributed by atoms with Crippen molar-refractivity contribution in [1.82, 2.24) is 10.3 Å². The Hall–Kier alpha value is -1.79. The van der Waals surface area contributed by atoms with Crippen molar-refractivity contribution in [2.45, 2.75) is 13.3 Å². The zero-order chi connectivity index (χ0) is 11.4. The first-order chi connectivity index (χ1) is 7.79. The normalized spacial score (nSPS) is 10.1. The second kappa shape index (κ2) is 4.82. The summed E-state index contributed by atoms with van der Waals surface area (Å²) in [7, 11) is 1.92. The van der Waals surface area contributed by atoms with E-state index in [1.165, 1.54) is 0 Å². The lowest BCUT2D eigenvalue weighted by Gasteiger charge is -1.90. The largest absolute Gasteiger partial charge is 0.441 e. The number of hydrogen-bond acceptors (Lipinski definition) is 3. The van der Waals surface area contributed by atoms with E-state index in [2.05, 4.69) is 22.1 Å². The number of benzene rings is 1. The lowest BCUT2D eigenvalue weighted by Crippen LogP contribution is -2.05. The highest BCUT2D eigenvalue weighted by molar-refractivity contribution is 5.74. The third kappa shape index (κ3) is 2.41. The van der Waals surface area contributed by atoms with Gasteiger partial charge in [-0.2, -0.15) is 0 Å². The number of hydrogen-bond donors (Lipinski definition) is 1. The summed E-state index contributed by atoms with van der Waals surface area (Å²) in [6.07, 6.45) is 0.851. The van der Waals surface area contributed by atoms with Crippen LogP contribution in [0.15, 0.2) is 22.6 Å². The van der Waals surface area contributed by atoms with Crippen molar-refractivity contribution < 1.29 is 4.42 Å². The van der Waals surface area contributed by atoms with Crippen LogP contribution in [0.25, 0.3) is 11.1 Å². The predicted molar refractivity (Wildman–Crippen MR) is 64.2 cm³/mol. The third-order valence-corrected chi connectivity index (χ3v) is 2.23. The standard InChI is InChI=1S/C13H14N2O/c1-10-15-12-7-6-11(9-13(12)16-10)5-3-4-8-14-2/h6-7,9,14H,4,8H2,1-2H3. The smallest absolute Gasteiger partial charge is 0.192 e. The molecule has 2 rings (SSSR count). The Morgan fingerprint density at radius 2 is 2.31 bits per heavy atom. The first-order valence-corrected chi connectivity index (χ1v) is 5.30. The fourth-order valence-electron chi connectivity index (χ4n) is 1.47. The molecule has 16 heavy (non-hydrogen) atoms. The van der Waals surface area contributed by atoms with Gasteiger partial charge in [-0.05, 0) is 25.2 Å². The van der Waals surface area contributed by atoms with Crippen molar-refractivity contribution in [3.8, 4) is 11.8 Å². The first kappa shape index (κ1) is 10.7. The van der Waals surface area contributed by atoms with Crippen molar-refractivity contribution in [2.24, 2.45) is 0 Å². The number of nitrogens with one attached hydrogen (secondary N) is 1. The number of fused-ring (bicyclic) bond motifs is 1. The van der Waals surface area contributed by atoms with Gasteiger partial charge in [0.25, 0.3) is 0 Å². The first-order valence-electron chi connectivity index (χ1n) is 5.30. The summed E-state index contributed by atoms with van der Waals surface area (Å²) in [5.41, 5.74) is 2.66. The molecule has 0 aliphatic carbocycles. The van der Waals surface area contributed by atoms with Gasteiger partial charge in [0.05, 0.1) is 0 Å². The number of nitrogens with zero attached hydrogens (tertiary/aromatic N) is 1. The van der Waals surface area contributed by atoms with Crippen molar-refractivity contribution in [1.29, 1.82) is 0 Å². The molecule has 3 heteroatoms. The van der Waals surface area contributed by atoms with E-state index in [0.717, 1.165) is 29.6 Å². The molecule has 0 fully saturated rings. The minimum absolute atomic E-state index is 0.690. The Bertz CT molecular complexity index is 546. The van der Waals surface area contributed by atoms with Gasteiger partial charge in [0.2, 0.25) is 0 Å². The van der Waals surface area contributed by atoms with Gasteiger partial charge in [0.15, 0.2) is 11.5 Å². The number of rotatable bonds is 2. The highest BCUT2D eigenvalue weighted by atomic mass is 16.3. The van der Waals surface area contributed by atoms with E-state index in [9.17, 15) is 0 Å². The van der Waals surface area contributed by atoms with Gasteiger partial charge in [-0.25, -0.2) is 4.98 Å². The maximum atomic E-state index is 5.44.